The van der Waals surface area contributed by atoms with Crippen LogP contribution in [0.15, 0.2) is 47.8 Å². The van der Waals surface area contributed by atoms with Crippen LogP contribution in [0, 0.1) is 5.41 Å². The maximum atomic E-state index is 11.5. The van der Waals surface area contributed by atoms with E-state index in [-0.39, 0.29) is 18.4 Å². The molecule has 1 aromatic carbocycles. The zero-order chi connectivity index (χ0) is 12.8. The number of hydrogen-bond acceptors (Lipinski definition) is 4. The molecule has 0 atom stereocenters. The summed E-state index contributed by atoms with van der Waals surface area (Å²) < 4.78 is 5.11. The van der Waals surface area contributed by atoms with E-state index in [9.17, 15) is 4.79 Å². The summed E-state index contributed by atoms with van der Waals surface area (Å²) in [5, 5.41) is 13.0. The van der Waals surface area contributed by atoms with Gasteiger partial charge in [0.15, 0.2) is 6.61 Å². The van der Waals surface area contributed by atoms with E-state index in [0.29, 0.717) is 5.56 Å². The van der Waals surface area contributed by atoms with Gasteiger partial charge in [-0.3, -0.25) is 10.2 Å². The third kappa shape index (κ3) is 3.43. The first kappa shape index (κ1) is 12.3. The van der Waals surface area contributed by atoms with Crippen LogP contribution < -0.4 is 5.32 Å². The van der Waals surface area contributed by atoms with Crippen molar-refractivity contribution in [2.75, 3.05) is 11.9 Å². The molecule has 0 aliphatic heterocycles. The molecule has 0 aliphatic carbocycles. The summed E-state index contributed by atoms with van der Waals surface area (Å²) in [6, 6.07) is 12.7. The van der Waals surface area contributed by atoms with E-state index in [0.717, 1.165) is 5.00 Å². The second-order valence-corrected chi connectivity index (χ2v) is 4.46. The SMILES string of the molecule is N=C(OCC(=O)Nc1cccs1)c1ccccc1. The lowest BCUT2D eigenvalue weighted by Crippen LogP contribution is -2.20. The highest BCUT2D eigenvalue weighted by molar-refractivity contribution is 7.14. The molecule has 1 amide bonds. The molecular formula is C13H12N2O2S. The molecule has 0 fully saturated rings. The van der Waals surface area contributed by atoms with Crippen molar-refractivity contribution in [2.24, 2.45) is 0 Å². The van der Waals surface area contributed by atoms with Gasteiger partial charge in [-0.15, -0.1) is 11.3 Å². The monoisotopic (exact) mass is 260 g/mol. The number of amides is 1. The second kappa shape index (κ2) is 5.97. The fourth-order valence-electron chi connectivity index (χ4n) is 1.33. The van der Waals surface area contributed by atoms with Crippen LogP contribution in [0.4, 0.5) is 5.00 Å². The molecule has 0 bridgehead atoms. The quantitative estimate of drug-likeness (QED) is 0.656. The summed E-state index contributed by atoms with van der Waals surface area (Å²) in [6.45, 7) is -0.161. The number of carbonyl (C=O) groups is 1. The van der Waals surface area contributed by atoms with Gasteiger partial charge < -0.3 is 10.1 Å². The Kier molecular flexibility index (Phi) is 4.09. The average Bonchev–Trinajstić information content (AvgIpc) is 2.90. The van der Waals surface area contributed by atoms with Gasteiger partial charge in [-0.25, -0.2) is 0 Å². The summed E-state index contributed by atoms with van der Waals surface area (Å²) in [4.78, 5) is 11.5. The van der Waals surface area contributed by atoms with Gasteiger partial charge in [0.25, 0.3) is 5.91 Å². The predicted octanol–water partition coefficient (Wildman–Crippen LogP) is 2.73. The number of ether oxygens (including phenoxy) is 1. The number of carbonyl (C=O) groups excluding carboxylic acids is 1. The van der Waals surface area contributed by atoms with E-state index in [1.807, 2.05) is 35.7 Å². The normalized spacial score (nSPS) is 9.78. The van der Waals surface area contributed by atoms with Crippen molar-refractivity contribution >= 4 is 28.1 Å². The Morgan fingerprint density at radius 2 is 2.00 bits per heavy atom. The molecular weight excluding hydrogens is 248 g/mol. The summed E-state index contributed by atoms with van der Waals surface area (Å²) in [6.07, 6.45) is 0. The minimum Gasteiger partial charge on any atom is -0.468 e. The van der Waals surface area contributed by atoms with Gasteiger partial charge >= 0.3 is 0 Å². The third-order valence-corrected chi connectivity index (χ3v) is 2.95. The van der Waals surface area contributed by atoms with Crippen molar-refractivity contribution in [2.45, 2.75) is 0 Å². The fourth-order valence-corrected chi connectivity index (χ4v) is 1.97. The molecule has 2 aromatic rings. The Hall–Kier alpha value is -2.14. The zero-order valence-corrected chi connectivity index (χ0v) is 10.4. The maximum absolute atomic E-state index is 11.5. The molecule has 1 aromatic heterocycles. The first-order valence-corrected chi connectivity index (χ1v) is 6.24. The topological polar surface area (TPSA) is 62.2 Å². The van der Waals surface area contributed by atoms with Crippen LogP contribution in [0.1, 0.15) is 5.56 Å². The minimum atomic E-state index is -0.266. The second-order valence-electron chi connectivity index (χ2n) is 3.51. The molecule has 0 saturated carbocycles. The lowest BCUT2D eigenvalue weighted by molar-refractivity contribution is -0.118. The number of rotatable bonds is 4. The highest BCUT2D eigenvalue weighted by Gasteiger charge is 2.07. The van der Waals surface area contributed by atoms with Crippen LogP contribution in [0.2, 0.25) is 0 Å². The van der Waals surface area contributed by atoms with Gasteiger partial charge in [0, 0.05) is 5.56 Å². The van der Waals surface area contributed by atoms with E-state index in [4.69, 9.17) is 10.1 Å². The van der Waals surface area contributed by atoms with E-state index in [2.05, 4.69) is 5.32 Å². The Morgan fingerprint density at radius 3 is 2.67 bits per heavy atom. The number of anilines is 1. The molecule has 0 radical (unpaired) electrons. The number of hydrogen-bond donors (Lipinski definition) is 2. The van der Waals surface area contributed by atoms with Crippen LogP contribution >= 0.6 is 11.3 Å². The van der Waals surface area contributed by atoms with Crippen molar-refractivity contribution in [1.82, 2.24) is 0 Å². The maximum Gasteiger partial charge on any atom is 0.262 e. The van der Waals surface area contributed by atoms with Crippen LogP contribution in [0.25, 0.3) is 0 Å². The predicted molar refractivity (Wildman–Crippen MR) is 72.2 cm³/mol. The van der Waals surface area contributed by atoms with Crippen LogP contribution in [-0.2, 0) is 9.53 Å². The van der Waals surface area contributed by atoms with Crippen molar-refractivity contribution in [1.29, 1.82) is 5.41 Å². The fraction of sp³-hybridized carbons (Fsp3) is 0.0769. The van der Waals surface area contributed by atoms with E-state index < -0.39 is 0 Å². The smallest absolute Gasteiger partial charge is 0.262 e. The average molecular weight is 260 g/mol. The van der Waals surface area contributed by atoms with Crippen molar-refractivity contribution in [3.8, 4) is 0 Å². The van der Waals surface area contributed by atoms with Crippen molar-refractivity contribution in [3.63, 3.8) is 0 Å². The molecule has 5 heteroatoms. The summed E-state index contributed by atoms with van der Waals surface area (Å²) >= 11 is 1.44. The Morgan fingerprint density at radius 1 is 1.22 bits per heavy atom. The van der Waals surface area contributed by atoms with Crippen molar-refractivity contribution < 1.29 is 9.53 Å². The highest BCUT2D eigenvalue weighted by atomic mass is 32.1. The minimum absolute atomic E-state index is 0.00284. The Bertz CT molecular complexity index is 523. The zero-order valence-electron chi connectivity index (χ0n) is 9.55. The summed E-state index contributed by atoms with van der Waals surface area (Å²) in [5.41, 5.74) is 0.654. The number of nitrogens with one attached hydrogen (secondary N) is 2. The molecule has 2 rings (SSSR count). The van der Waals surface area contributed by atoms with Crippen LogP contribution in [0.5, 0.6) is 0 Å². The number of thiophene rings is 1. The summed E-state index contributed by atoms with van der Waals surface area (Å²) in [7, 11) is 0. The van der Waals surface area contributed by atoms with E-state index in [1.54, 1.807) is 12.1 Å². The molecule has 1 heterocycles. The van der Waals surface area contributed by atoms with Gasteiger partial charge in [-0.05, 0) is 29.6 Å². The summed E-state index contributed by atoms with van der Waals surface area (Å²) in [5.74, 6) is -0.268. The van der Waals surface area contributed by atoms with E-state index >= 15 is 0 Å². The molecule has 0 spiro atoms. The molecule has 0 unspecified atom stereocenters. The lowest BCUT2D eigenvalue weighted by Gasteiger charge is -2.07. The van der Waals surface area contributed by atoms with E-state index in [1.165, 1.54) is 11.3 Å². The Labute approximate surface area is 109 Å². The molecule has 18 heavy (non-hydrogen) atoms. The largest absolute Gasteiger partial charge is 0.468 e. The molecule has 92 valence electrons. The number of benzene rings is 1. The Balaban J connectivity index is 1.81. The first-order valence-electron chi connectivity index (χ1n) is 5.36. The van der Waals surface area contributed by atoms with Gasteiger partial charge in [0.2, 0.25) is 5.90 Å². The third-order valence-electron chi connectivity index (χ3n) is 2.17. The van der Waals surface area contributed by atoms with Crippen molar-refractivity contribution in [3.05, 3.63) is 53.4 Å². The lowest BCUT2D eigenvalue weighted by atomic mass is 10.2. The van der Waals surface area contributed by atoms with Gasteiger partial charge in [-0.2, -0.15) is 0 Å². The van der Waals surface area contributed by atoms with Crippen LogP contribution in [0.3, 0.4) is 0 Å². The van der Waals surface area contributed by atoms with Gasteiger partial charge in [-0.1, -0.05) is 18.2 Å². The molecule has 4 nitrogen and oxygen atoms in total. The molecule has 0 saturated heterocycles. The van der Waals surface area contributed by atoms with Gasteiger partial charge in [0.1, 0.15) is 0 Å². The van der Waals surface area contributed by atoms with Crippen LogP contribution in [-0.4, -0.2) is 18.4 Å². The molecule has 0 aliphatic rings. The first-order chi connectivity index (χ1) is 8.75. The molecule has 2 N–H and O–H groups in total. The standard InChI is InChI=1S/C13H12N2O2S/c14-13(10-5-2-1-3-6-10)17-9-11(16)15-12-7-4-8-18-12/h1-8,14H,9H2,(H,15,16). The highest BCUT2D eigenvalue weighted by Crippen LogP contribution is 2.14. The van der Waals surface area contributed by atoms with Gasteiger partial charge in [0.05, 0.1) is 5.00 Å².